The molecule has 0 bridgehead atoms. The van der Waals surface area contributed by atoms with Crippen LogP contribution in [0.15, 0.2) is 48.5 Å². The lowest BCUT2D eigenvalue weighted by Gasteiger charge is -2.25. The number of hydrogen-bond acceptors (Lipinski definition) is 4. The van der Waals surface area contributed by atoms with E-state index in [1.165, 1.54) is 0 Å². The van der Waals surface area contributed by atoms with Gasteiger partial charge in [-0.15, -0.1) is 0 Å². The van der Waals surface area contributed by atoms with Gasteiger partial charge in [-0.25, -0.2) is 4.79 Å². The lowest BCUT2D eigenvalue weighted by Crippen LogP contribution is -2.37. The molecule has 1 aliphatic rings. The van der Waals surface area contributed by atoms with E-state index in [2.05, 4.69) is 16.0 Å². The molecule has 1 fully saturated rings. The molecule has 0 aromatic heterocycles. The number of benzene rings is 2. The van der Waals surface area contributed by atoms with Gasteiger partial charge in [0, 0.05) is 23.8 Å². The zero-order chi connectivity index (χ0) is 20.8. The summed E-state index contributed by atoms with van der Waals surface area (Å²) in [6, 6.07) is 14.7. The molecule has 0 spiro atoms. The first kappa shape index (κ1) is 20.7. The molecule has 1 atom stereocenters. The monoisotopic (exact) mass is 396 g/mol. The Labute approximate surface area is 171 Å². The van der Waals surface area contributed by atoms with Crippen molar-refractivity contribution in [3.63, 3.8) is 0 Å². The SMILES string of the molecule is COc1ccc(C(CNC(=O)Nc2cccc(C(=O)NC3CC3)c2)N(C)C)cc1. The summed E-state index contributed by atoms with van der Waals surface area (Å²) in [6.45, 7) is 0.438. The molecule has 1 aliphatic carbocycles. The molecule has 3 amide bonds. The number of methoxy groups -OCH3 is 1. The number of hydrogen-bond donors (Lipinski definition) is 3. The summed E-state index contributed by atoms with van der Waals surface area (Å²) < 4.78 is 5.20. The molecular formula is C22H28N4O3. The van der Waals surface area contributed by atoms with Crippen LogP contribution in [0.25, 0.3) is 0 Å². The molecule has 2 aromatic rings. The number of carbonyl (C=O) groups is 2. The maximum atomic E-state index is 12.4. The molecule has 0 radical (unpaired) electrons. The molecule has 0 heterocycles. The van der Waals surface area contributed by atoms with Gasteiger partial charge in [0.2, 0.25) is 0 Å². The second-order valence-corrected chi connectivity index (χ2v) is 7.42. The van der Waals surface area contributed by atoms with Crippen molar-refractivity contribution in [1.29, 1.82) is 0 Å². The van der Waals surface area contributed by atoms with E-state index >= 15 is 0 Å². The van der Waals surface area contributed by atoms with Crippen molar-refractivity contribution in [2.24, 2.45) is 0 Å². The zero-order valence-corrected chi connectivity index (χ0v) is 17.1. The van der Waals surface area contributed by atoms with Crippen LogP contribution in [-0.2, 0) is 0 Å². The Morgan fingerprint density at radius 2 is 1.86 bits per heavy atom. The van der Waals surface area contributed by atoms with Crippen LogP contribution >= 0.6 is 0 Å². The van der Waals surface area contributed by atoms with Crippen molar-refractivity contribution in [1.82, 2.24) is 15.5 Å². The van der Waals surface area contributed by atoms with Gasteiger partial charge < -0.3 is 25.6 Å². The molecule has 0 saturated heterocycles. The van der Waals surface area contributed by atoms with Gasteiger partial charge in [-0.05, 0) is 62.8 Å². The van der Waals surface area contributed by atoms with Gasteiger partial charge in [-0.1, -0.05) is 18.2 Å². The minimum atomic E-state index is -0.315. The van der Waals surface area contributed by atoms with Gasteiger partial charge in [0.05, 0.1) is 13.2 Å². The molecule has 7 heteroatoms. The lowest BCUT2D eigenvalue weighted by atomic mass is 10.1. The summed E-state index contributed by atoms with van der Waals surface area (Å²) in [5.74, 6) is 0.686. The number of likely N-dealkylation sites (N-methyl/N-ethyl adjacent to an activating group) is 1. The fraction of sp³-hybridized carbons (Fsp3) is 0.364. The van der Waals surface area contributed by atoms with Crippen LogP contribution in [0.2, 0.25) is 0 Å². The third-order valence-electron chi connectivity index (χ3n) is 4.88. The van der Waals surface area contributed by atoms with E-state index in [0.29, 0.717) is 23.8 Å². The number of rotatable bonds is 8. The summed E-state index contributed by atoms with van der Waals surface area (Å²) in [4.78, 5) is 26.6. The first-order valence-electron chi connectivity index (χ1n) is 9.72. The quantitative estimate of drug-likeness (QED) is 0.641. The molecular weight excluding hydrogens is 368 g/mol. The van der Waals surface area contributed by atoms with E-state index in [-0.39, 0.29) is 18.0 Å². The highest BCUT2D eigenvalue weighted by Gasteiger charge is 2.23. The van der Waals surface area contributed by atoms with Crippen LogP contribution in [0.5, 0.6) is 5.75 Å². The highest BCUT2D eigenvalue weighted by molar-refractivity contribution is 5.97. The van der Waals surface area contributed by atoms with E-state index < -0.39 is 0 Å². The summed E-state index contributed by atoms with van der Waals surface area (Å²) in [5, 5.41) is 8.66. The molecule has 1 unspecified atom stereocenters. The fourth-order valence-electron chi connectivity index (χ4n) is 3.02. The van der Waals surface area contributed by atoms with Crippen LogP contribution in [0.3, 0.4) is 0 Å². The Hall–Kier alpha value is -3.06. The Bertz CT molecular complexity index is 847. The van der Waals surface area contributed by atoms with Gasteiger partial charge in [-0.3, -0.25) is 4.79 Å². The number of ether oxygens (including phenoxy) is 1. The van der Waals surface area contributed by atoms with Crippen molar-refractivity contribution in [3.05, 3.63) is 59.7 Å². The van der Waals surface area contributed by atoms with Crippen molar-refractivity contribution in [3.8, 4) is 5.75 Å². The molecule has 154 valence electrons. The summed E-state index contributed by atoms with van der Waals surface area (Å²) in [7, 11) is 5.57. The molecule has 3 N–H and O–H groups in total. The average molecular weight is 396 g/mol. The number of carbonyl (C=O) groups excluding carboxylic acids is 2. The predicted molar refractivity (Wildman–Crippen MR) is 113 cm³/mol. The molecule has 7 nitrogen and oxygen atoms in total. The maximum absolute atomic E-state index is 12.4. The van der Waals surface area contributed by atoms with Crippen molar-refractivity contribution in [2.75, 3.05) is 33.1 Å². The highest BCUT2D eigenvalue weighted by atomic mass is 16.5. The third kappa shape index (κ3) is 5.96. The zero-order valence-electron chi connectivity index (χ0n) is 17.1. The Kier molecular flexibility index (Phi) is 6.72. The summed E-state index contributed by atoms with van der Waals surface area (Å²) >= 11 is 0. The van der Waals surface area contributed by atoms with Crippen LogP contribution in [0.4, 0.5) is 10.5 Å². The van der Waals surface area contributed by atoms with Gasteiger partial charge in [0.1, 0.15) is 5.75 Å². The largest absolute Gasteiger partial charge is 0.497 e. The third-order valence-corrected chi connectivity index (χ3v) is 4.88. The molecule has 3 rings (SSSR count). The van der Waals surface area contributed by atoms with Gasteiger partial charge in [-0.2, -0.15) is 0 Å². The van der Waals surface area contributed by atoms with Gasteiger partial charge in [0.15, 0.2) is 0 Å². The Morgan fingerprint density at radius 1 is 1.14 bits per heavy atom. The van der Waals surface area contributed by atoms with E-state index in [0.717, 1.165) is 24.2 Å². The van der Waals surface area contributed by atoms with Crippen LogP contribution < -0.4 is 20.7 Å². The predicted octanol–water partition coefficient (Wildman–Crippen LogP) is 3.01. The number of anilines is 1. The summed E-state index contributed by atoms with van der Waals surface area (Å²) in [5.41, 5.74) is 2.20. The molecule has 1 saturated carbocycles. The number of nitrogens with zero attached hydrogens (tertiary/aromatic N) is 1. The normalized spacial score (nSPS) is 14.2. The van der Waals surface area contributed by atoms with Crippen molar-refractivity contribution in [2.45, 2.75) is 24.9 Å². The second-order valence-electron chi connectivity index (χ2n) is 7.42. The smallest absolute Gasteiger partial charge is 0.319 e. The van der Waals surface area contributed by atoms with Crippen molar-refractivity contribution < 1.29 is 14.3 Å². The van der Waals surface area contributed by atoms with Gasteiger partial charge in [0.25, 0.3) is 5.91 Å². The first-order chi connectivity index (χ1) is 14.0. The molecule has 29 heavy (non-hydrogen) atoms. The lowest BCUT2D eigenvalue weighted by molar-refractivity contribution is 0.0951. The highest BCUT2D eigenvalue weighted by Crippen LogP contribution is 2.21. The van der Waals surface area contributed by atoms with Crippen LogP contribution in [-0.4, -0.2) is 50.6 Å². The van der Waals surface area contributed by atoms with E-state index in [1.807, 2.05) is 43.3 Å². The van der Waals surface area contributed by atoms with Gasteiger partial charge >= 0.3 is 6.03 Å². The Morgan fingerprint density at radius 3 is 2.48 bits per heavy atom. The minimum Gasteiger partial charge on any atom is -0.497 e. The minimum absolute atomic E-state index is 0.0160. The van der Waals surface area contributed by atoms with Crippen LogP contribution in [0.1, 0.15) is 34.8 Å². The summed E-state index contributed by atoms with van der Waals surface area (Å²) in [6.07, 6.45) is 2.07. The molecule has 0 aliphatic heterocycles. The van der Waals surface area contributed by atoms with E-state index in [4.69, 9.17) is 4.74 Å². The second kappa shape index (κ2) is 9.43. The van der Waals surface area contributed by atoms with Crippen LogP contribution in [0, 0.1) is 0 Å². The first-order valence-corrected chi connectivity index (χ1v) is 9.72. The van der Waals surface area contributed by atoms with E-state index in [1.54, 1.807) is 31.4 Å². The average Bonchev–Trinajstić information content (AvgIpc) is 3.52. The number of urea groups is 1. The number of amides is 3. The number of nitrogens with one attached hydrogen (secondary N) is 3. The van der Waals surface area contributed by atoms with E-state index in [9.17, 15) is 9.59 Å². The molecule has 2 aromatic carbocycles. The standard InChI is InChI=1S/C22H28N4O3/c1-26(2)20(15-7-11-19(29-3)12-8-15)14-23-22(28)25-18-6-4-5-16(13-18)21(27)24-17-9-10-17/h4-8,11-13,17,20H,9-10,14H2,1-3H3,(H,24,27)(H2,23,25,28). The maximum Gasteiger partial charge on any atom is 0.319 e. The van der Waals surface area contributed by atoms with Crippen molar-refractivity contribution >= 4 is 17.6 Å². The Balaban J connectivity index is 1.56. The fourth-order valence-corrected chi connectivity index (χ4v) is 3.02. The topological polar surface area (TPSA) is 82.7 Å².